The summed E-state index contributed by atoms with van der Waals surface area (Å²) in [5, 5.41) is 26.5. The lowest BCUT2D eigenvalue weighted by molar-refractivity contribution is -0.131. The summed E-state index contributed by atoms with van der Waals surface area (Å²) in [6.45, 7) is 3.76. The Labute approximate surface area is 329 Å². The van der Waals surface area contributed by atoms with Crippen molar-refractivity contribution >= 4 is 74.1 Å². The number of aromatic carboxylic acids is 1. The zero-order chi connectivity index (χ0) is 39.5. The number of anilines is 2. The van der Waals surface area contributed by atoms with Crippen LogP contribution in [0, 0.1) is 36.0 Å². The van der Waals surface area contributed by atoms with Crippen molar-refractivity contribution in [1.29, 1.82) is 0 Å². The molecule has 56 heavy (non-hydrogen) atoms. The summed E-state index contributed by atoms with van der Waals surface area (Å²) < 4.78 is 8.33. The van der Waals surface area contributed by atoms with Crippen molar-refractivity contribution in [3.05, 3.63) is 100 Å². The summed E-state index contributed by atoms with van der Waals surface area (Å²) in [7, 11) is 3.15. The van der Waals surface area contributed by atoms with Crippen LogP contribution in [0.15, 0.2) is 78.4 Å². The number of carbonyl (C=O) groups is 5. The number of aryl methyl sites for hydroxylation is 2. The highest BCUT2D eigenvalue weighted by atomic mass is 35.5. The zero-order valence-corrected chi connectivity index (χ0v) is 32.2. The minimum atomic E-state index is -1.37. The van der Waals surface area contributed by atoms with Gasteiger partial charge in [0, 0.05) is 40.4 Å². The predicted molar refractivity (Wildman–Crippen MR) is 209 cm³/mol. The first-order valence-electron chi connectivity index (χ1n) is 18.1. The average Bonchev–Trinajstić information content (AvgIpc) is 3.85. The molecule has 9 rings (SSSR count). The molecule has 3 aromatic carbocycles. The first-order chi connectivity index (χ1) is 26.7. The molecule has 0 spiro atoms. The molecule has 2 aliphatic heterocycles. The molecule has 4 aliphatic rings. The predicted octanol–water partition coefficient (Wildman–Crippen LogP) is 7.11. The van der Waals surface area contributed by atoms with Gasteiger partial charge < -0.3 is 14.9 Å². The highest BCUT2D eigenvalue weighted by Gasteiger charge is 2.68. The summed E-state index contributed by atoms with van der Waals surface area (Å²) in [4.78, 5) is 73.6. The van der Waals surface area contributed by atoms with E-state index in [0.29, 0.717) is 27.8 Å². The Morgan fingerprint density at radius 3 is 2.52 bits per heavy atom. The Morgan fingerprint density at radius 2 is 1.77 bits per heavy atom. The number of thiophene rings is 1. The number of fused-ring (bicyclic) bond motifs is 5. The maximum Gasteiger partial charge on any atom is 0.335 e. The number of phenolic OH excluding ortho intramolecular Hbond substituents is 1. The molecule has 2 aliphatic carbocycles. The molecule has 3 fully saturated rings. The summed E-state index contributed by atoms with van der Waals surface area (Å²) in [6.07, 6.45) is 2.24. The van der Waals surface area contributed by atoms with Crippen LogP contribution < -0.4 is 14.5 Å². The lowest BCUT2D eigenvalue weighted by atomic mass is 9.51. The van der Waals surface area contributed by atoms with Gasteiger partial charge in [-0.05, 0) is 86.0 Å². The first kappa shape index (κ1) is 35.9. The largest absolute Gasteiger partial charge is 0.508 e. The number of nitrogens with zero attached hydrogens (tertiary/aromatic N) is 4. The number of benzene rings is 3. The van der Waals surface area contributed by atoms with Crippen molar-refractivity contribution in [2.45, 2.75) is 32.6 Å². The number of carbonyl (C=O) groups excluding carboxylic acids is 4. The van der Waals surface area contributed by atoms with Crippen molar-refractivity contribution in [2.24, 2.45) is 36.1 Å². The van der Waals surface area contributed by atoms with Crippen molar-refractivity contribution in [3.8, 4) is 22.1 Å². The molecule has 14 heteroatoms. The van der Waals surface area contributed by atoms with Crippen LogP contribution in [-0.2, 0) is 26.2 Å². The number of carboxylic acid groups (broad SMARTS) is 1. The van der Waals surface area contributed by atoms with E-state index in [0.717, 1.165) is 31.0 Å². The van der Waals surface area contributed by atoms with Gasteiger partial charge in [-0.1, -0.05) is 35.4 Å². The van der Waals surface area contributed by atoms with Crippen LogP contribution in [0.3, 0.4) is 0 Å². The summed E-state index contributed by atoms with van der Waals surface area (Å²) in [5.74, 6) is -6.39. The number of amides is 4. The lowest BCUT2D eigenvalue weighted by Gasteiger charge is -2.49. The third-order valence-corrected chi connectivity index (χ3v) is 13.9. The topological polar surface area (TPSA) is 159 Å². The summed E-state index contributed by atoms with van der Waals surface area (Å²) in [6, 6.07) is 17.8. The van der Waals surface area contributed by atoms with Crippen LogP contribution in [0.25, 0.3) is 20.7 Å². The number of rotatable bonds is 6. The number of phenols is 1. The van der Waals surface area contributed by atoms with Gasteiger partial charge in [0.25, 0.3) is 0 Å². The average molecular weight is 791 g/mol. The van der Waals surface area contributed by atoms with Crippen LogP contribution >= 0.6 is 22.9 Å². The SMILES string of the molecule is COc1cc(O)ccc1C1C2=CCC3C(=O)N(c4cccc(C(=O)O)c4)C(=O)C3C2CC2C(=O)N(c3cc(-c4sc5ccc(Cl)cc5c4C)nn3C)C(=O)C21C. The number of allylic oxidation sites excluding steroid dienone is 2. The van der Waals surface area contributed by atoms with E-state index in [9.17, 15) is 29.4 Å². The van der Waals surface area contributed by atoms with Gasteiger partial charge in [0.15, 0.2) is 0 Å². The van der Waals surface area contributed by atoms with Crippen molar-refractivity contribution in [3.63, 3.8) is 0 Å². The Bertz CT molecular complexity index is 2630. The second-order valence-corrected chi connectivity index (χ2v) is 16.7. The van der Waals surface area contributed by atoms with E-state index in [1.807, 2.05) is 31.2 Å². The van der Waals surface area contributed by atoms with Crippen LogP contribution in [0.1, 0.15) is 47.2 Å². The number of aromatic nitrogens is 2. The number of halogens is 1. The fraction of sp³-hybridized carbons (Fsp3) is 0.286. The number of aromatic hydroxyl groups is 1. The van der Waals surface area contributed by atoms with Gasteiger partial charge in [-0.2, -0.15) is 5.10 Å². The summed E-state index contributed by atoms with van der Waals surface area (Å²) >= 11 is 7.85. The van der Waals surface area contributed by atoms with E-state index < -0.39 is 64.6 Å². The molecule has 5 aromatic rings. The van der Waals surface area contributed by atoms with Gasteiger partial charge in [0.1, 0.15) is 23.0 Å². The third kappa shape index (κ3) is 4.96. The number of methoxy groups -OCH3 is 1. The van der Waals surface area contributed by atoms with Crippen LogP contribution in [0.2, 0.25) is 5.02 Å². The highest BCUT2D eigenvalue weighted by Crippen LogP contribution is 2.64. The minimum absolute atomic E-state index is 0.0511. The quantitative estimate of drug-likeness (QED) is 0.135. The fourth-order valence-corrected chi connectivity index (χ4v) is 11.1. The molecule has 6 atom stereocenters. The second kappa shape index (κ2) is 12.6. The van der Waals surface area contributed by atoms with E-state index in [1.165, 1.54) is 53.1 Å². The van der Waals surface area contributed by atoms with E-state index in [-0.39, 0.29) is 29.8 Å². The minimum Gasteiger partial charge on any atom is -0.508 e. The maximum absolute atomic E-state index is 15.2. The van der Waals surface area contributed by atoms with Gasteiger partial charge in [-0.25, -0.2) is 9.69 Å². The van der Waals surface area contributed by atoms with Gasteiger partial charge in [0.2, 0.25) is 23.6 Å². The molecule has 0 bridgehead atoms. The number of carboxylic acids is 1. The van der Waals surface area contributed by atoms with Crippen LogP contribution in [0.5, 0.6) is 11.5 Å². The molecule has 12 nitrogen and oxygen atoms in total. The number of imide groups is 2. The molecule has 2 N–H and O–H groups in total. The van der Waals surface area contributed by atoms with Crippen LogP contribution in [0.4, 0.5) is 11.5 Å². The maximum atomic E-state index is 15.2. The Morgan fingerprint density at radius 1 is 0.982 bits per heavy atom. The molecule has 284 valence electrons. The molecule has 0 radical (unpaired) electrons. The van der Waals surface area contributed by atoms with Gasteiger partial charge >= 0.3 is 5.97 Å². The van der Waals surface area contributed by atoms with E-state index >= 15 is 4.79 Å². The second-order valence-electron chi connectivity index (χ2n) is 15.2. The van der Waals surface area contributed by atoms with Crippen molar-refractivity contribution < 1.29 is 38.9 Å². The van der Waals surface area contributed by atoms with E-state index in [1.54, 1.807) is 37.4 Å². The van der Waals surface area contributed by atoms with Gasteiger partial charge in [-0.3, -0.25) is 28.8 Å². The van der Waals surface area contributed by atoms with Crippen LogP contribution in [-0.4, -0.2) is 56.7 Å². The normalized spacial score (nSPS) is 25.7. The Balaban J connectivity index is 1.16. The number of ether oxygens (including phenoxy) is 1. The van der Waals surface area contributed by atoms with E-state index in [4.69, 9.17) is 21.4 Å². The molecule has 4 amide bonds. The molecular formula is C42H35ClN4O8S. The highest BCUT2D eigenvalue weighted by molar-refractivity contribution is 7.22. The number of hydrogen-bond acceptors (Lipinski definition) is 9. The molecule has 2 aromatic heterocycles. The van der Waals surface area contributed by atoms with E-state index in [2.05, 4.69) is 0 Å². The molecule has 6 unspecified atom stereocenters. The zero-order valence-electron chi connectivity index (χ0n) is 30.6. The smallest absolute Gasteiger partial charge is 0.335 e. The standard InChI is InChI=1S/C42H35ClN4O8S/c1-19-27-15-21(43)8-13-32(27)56-36(19)30-18-33(45(3)44-30)47-38(50)29-17-28-24(35(42(29,2)41(47)54)25-10-9-23(48)16-31(25)55-4)11-12-26-34(28)39(51)46(37(26)49)22-7-5-6-20(14-22)40(52)53/h5-11,13-16,18,26,28-29,34-35,48H,12,17H2,1-4H3,(H,52,53). The molecule has 1 saturated carbocycles. The first-order valence-corrected chi connectivity index (χ1v) is 19.3. The van der Waals surface area contributed by atoms with Gasteiger partial charge in [-0.15, -0.1) is 11.3 Å². The molecule has 4 heterocycles. The Hall–Kier alpha value is -5.79. The monoisotopic (exact) mass is 790 g/mol. The fourth-order valence-electron chi connectivity index (χ4n) is 9.76. The summed E-state index contributed by atoms with van der Waals surface area (Å²) in [5.41, 5.74) is 1.60. The molecular weight excluding hydrogens is 756 g/mol. The van der Waals surface area contributed by atoms with Crippen molar-refractivity contribution in [1.82, 2.24) is 9.78 Å². The number of hydrogen-bond donors (Lipinski definition) is 2. The Kier molecular flexibility index (Phi) is 8.08. The van der Waals surface area contributed by atoms with Crippen molar-refractivity contribution in [2.75, 3.05) is 16.9 Å². The van der Waals surface area contributed by atoms with Gasteiger partial charge in [0.05, 0.1) is 46.4 Å². The molecule has 2 saturated heterocycles. The third-order valence-electron chi connectivity index (χ3n) is 12.4. The lowest BCUT2D eigenvalue weighted by Crippen LogP contribution is -2.49.